The van der Waals surface area contributed by atoms with Gasteiger partial charge in [0.05, 0.1) is 5.84 Å². The van der Waals surface area contributed by atoms with Crippen molar-refractivity contribution in [2.24, 2.45) is 4.99 Å². The minimum atomic E-state index is 0. The van der Waals surface area contributed by atoms with Gasteiger partial charge in [0.2, 0.25) is 0 Å². The van der Waals surface area contributed by atoms with E-state index in [0.717, 1.165) is 6.54 Å². The van der Waals surface area contributed by atoms with Crippen molar-refractivity contribution >= 4 is 17.7 Å². The van der Waals surface area contributed by atoms with Crippen molar-refractivity contribution in [2.75, 3.05) is 20.1 Å². The van der Waals surface area contributed by atoms with Crippen LogP contribution in [0.15, 0.2) is 4.99 Å². The molecule has 0 saturated carbocycles. The number of amidine groups is 1. The van der Waals surface area contributed by atoms with Gasteiger partial charge in [0, 0.05) is 20.1 Å². The molecule has 60 valence electrons. The first-order valence-corrected chi connectivity index (χ1v) is 3.49. The van der Waals surface area contributed by atoms with Gasteiger partial charge in [-0.05, 0) is 13.3 Å². The molecule has 1 aliphatic heterocycles. The van der Waals surface area contributed by atoms with Crippen LogP contribution in [0, 0.1) is 0 Å². The van der Waals surface area contributed by atoms with Gasteiger partial charge in [-0.3, -0.25) is 4.99 Å². The maximum absolute atomic E-state index is 7.72. The quantitative estimate of drug-likeness (QED) is 0.385. The van der Waals surface area contributed by atoms with E-state index in [4.69, 9.17) is 4.66 Å². The fourth-order valence-corrected chi connectivity index (χ4v) is 0.831. The summed E-state index contributed by atoms with van der Waals surface area (Å²) in [5.41, 5.74) is 0. The molecule has 0 aliphatic carbocycles. The van der Waals surface area contributed by atoms with Crippen LogP contribution in [-0.4, -0.2) is 30.9 Å². The van der Waals surface area contributed by atoms with E-state index in [0.29, 0.717) is 0 Å². The Labute approximate surface area is 94.9 Å². The fourth-order valence-electron chi connectivity index (χ4n) is 0.831. The molecule has 0 spiro atoms. The number of nitrogens with zero attached hydrogens (tertiary/aromatic N) is 2. The Balaban J connectivity index is 0. The van der Waals surface area contributed by atoms with Crippen molar-refractivity contribution < 1.29 is 34.2 Å². The van der Waals surface area contributed by atoms with E-state index in [9.17, 15) is 0 Å². The minimum Gasteiger partial charge on any atom is -0.769 e. The predicted octanol–water partition coefficient (Wildman–Crippen LogP) is -2.76. The normalized spacial score (nSPS) is 15.6. The molecule has 0 unspecified atom stereocenters. The van der Waals surface area contributed by atoms with Crippen LogP contribution in [0.2, 0.25) is 0 Å². The number of aliphatic imine (C=N–C) groups is 1. The van der Waals surface area contributed by atoms with Crippen molar-refractivity contribution in [2.45, 2.75) is 13.3 Å². The van der Waals surface area contributed by atoms with Gasteiger partial charge in [0.1, 0.15) is 0 Å². The standard InChI is InChI=1S/C6H12N2.ClO.Na/c1-6-7-4-3-5-8(6)2;1-2;/h3-5H2,1-2H3;;/q;-1;+1. The van der Waals surface area contributed by atoms with Crippen molar-refractivity contribution in [1.29, 1.82) is 0 Å². The molecule has 5 heteroatoms. The molecule has 1 rings (SSSR count). The van der Waals surface area contributed by atoms with Crippen molar-refractivity contribution in [3.8, 4) is 0 Å². The molecule has 0 aromatic rings. The Morgan fingerprint density at radius 2 is 2.09 bits per heavy atom. The summed E-state index contributed by atoms with van der Waals surface area (Å²) in [6.07, 6.45) is 1.22. The third kappa shape index (κ3) is 5.93. The third-order valence-corrected chi connectivity index (χ3v) is 1.54. The molecule has 0 fully saturated rings. The summed E-state index contributed by atoms with van der Waals surface area (Å²) in [5.74, 6) is 1.18. The SMILES string of the molecule is CC1=NCCCN1C.[Na+].[O-]Cl. The first kappa shape index (κ1) is 14.3. The van der Waals surface area contributed by atoms with E-state index >= 15 is 0 Å². The summed E-state index contributed by atoms with van der Waals surface area (Å²) in [5, 5.41) is 0. The molecule has 0 aromatic heterocycles. The van der Waals surface area contributed by atoms with Gasteiger partial charge < -0.3 is 9.56 Å². The monoisotopic (exact) mass is 186 g/mol. The fraction of sp³-hybridized carbons (Fsp3) is 0.833. The summed E-state index contributed by atoms with van der Waals surface area (Å²) in [7, 11) is 2.08. The van der Waals surface area contributed by atoms with Gasteiger partial charge in [-0.25, -0.2) is 11.9 Å². The van der Waals surface area contributed by atoms with Crippen LogP contribution in [0.3, 0.4) is 0 Å². The second-order valence-electron chi connectivity index (χ2n) is 2.20. The number of rotatable bonds is 0. The van der Waals surface area contributed by atoms with Crippen LogP contribution in [0.4, 0.5) is 0 Å². The van der Waals surface area contributed by atoms with E-state index in [-0.39, 0.29) is 29.6 Å². The van der Waals surface area contributed by atoms with E-state index in [1.54, 1.807) is 0 Å². The zero-order valence-electron chi connectivity index (χ0n) is 7.30. The maximum Gasteiger partial charge on any atom is 1.00 e. The third-order valence-electron chi connectivity index (χ3n) is 1.54. The molecular formula is C6H12ClN2NaO. The molecule has 1 heterocycles. The summed E-state index contributed by atoms with van der Waals surface area (Å²) < 4.78 is 7.72. The average Bonchev–Trinajstić information content (AvgIpc) is 2.00. The molecule has 0 N–H and O–H groups in total. The molecule has 3 nitrogen and oxygen atoms in total. The van der Waals surface area contributed by atoms with Gasteiger partial charge in [0.15, 0.2) is 0 Å². The van der Waals surface area contributed by atoms with Crippen LogP contribution in [0.25, 0.3) is 0 Å². The van der Waals surface area contributed by atoms with Gasteiger partial charge in [-0.1, -0.05) is 0 Å². The Hall–Kier alpha value is 0.720. The summed E-state index contributed by atoms with van der Waals surface area (Å²) in [4.78, 5) is 6.44. The Morgan fingerprint density at radius 3 is 2.36 bits per heavy atom. The van der Waals surface area contributed by atoms with Crippen LogP contribution < -0.4 is 34.2 Å². The van der Waals surface area contributed by atoms with Crippen LogP contribution in [-0.2, 0) is 0 Å². The van der Waals surface area contributed by atoms with Gasteiger partial charge in [0.25, 0.3) is 0 Å². The van der Waals surface area contributed by atoms with E-state index in [2.05, 4.69) is 35.7 Å². The van der Waals surface area contributed by atoms with Gasteiger partial charge in [-0.15, -0.1) is 0 Å². The first-order valence-electron chi connectivity index (χ1n) is 3.18. The molecule has 11 heavy (non-hydrogen) atoms. The van der Waals surface area contributed by atoms with E-state index < -0.39 is 0 Å². The van der Waals surface area contributed by atoms with Gasteiger partial charge in [-0.2, -0.15) is 0 Å². The summed E-state index contributed by atoms with van der Waals surface area (Å²) in [6, 6.07) is 0. The Kier molecular flexibility index (Phi) is 11.4. The molecule has 0 radical (unpaired) electrons. The Bertz CT molecular complexity index is 121. The smallest absolute Gasteiger partial charge is 0.769 e. The number of halogens is 1. The first-order chi connectivity index (χ1) is 4.80. The second kappa shape index (κ2) is 8.81. The maximum atomic E-state index is 7.72. The zero-order chi connectivity index (χ0) is 7.98. The molecule has 0 bridgehead atoms. The molecule has 0 amide bonds. The average molecular weight is 187 g/mol. The number of hydrogen-bond acceptors (Lipinski definition) is 3. The largest absolute Gasteiger partial charge is 1.00 e. The van der Waals surface area contributed by atoms with Crippen molar-refractivity contribution in [3.05, 3.63) is 0 Å². The molecule has 0 aromatic carbocycles. The molecule has 1 aliphatic rings. The predicted molar refractivity (Wildman–Crippen MR) is 41.1 cm³/mol. The van der Waals surface area contributed by atoms with Crippen LogP contribution in [0.1, 0.15) is 13.3 Å². The zero-order valence-corrected chi connectivity index (χ0v) is 10.1. The second-order valence-corrected chi connectivity index (χ2v) is 2.20. The van der Waals surface area contributed by atoms with E-state index in [1.807, 2.05) is 0 Å². The minimum absolute atomic E-state index is 0. The van der Waals surface area contributed by atoms with Crippen LogP contribution in [0.5, 0.6) is 0 Å². The summed E-state index contributed by atoms with van der Waals surface area (Å²) >= 11 is 3.39. The number of hydrogen-bond donors (Lipinski definition) is 0. The topological polar surface area (TPSA) is 38.7 Å². The van der Waals surface area contributed by atoms with Gasteiger partial charge >= 0.3 is 29.6 Å². The van der Waals surface area contributed by atoms with Crippen LogP contribution >= 0.6 is 11.9 Å². The van der Waals surface area contributed by atoms with Crippen molar-refractivity contribution in [3.63, 3.8) is 0 Å². The Morgan fingerprint density at radius 1 is 1.55 bits per heavy atom. The molecule has 0 atom stereocenters. The van der Waals surface area contributed by atoms with Crippen molar-refractivity contribution in [1.82, 2.24) is 4.90 Å². The summed E-state index contributed by atoms with van der Waals surface area (Å²) in [6.45, 7) is 4.25. The molecular weight excluding hydrogens is 175 g/mol. The van der Waals surface area contributed by atoms with E-state index in [1.165, 1.54) is 18.8 Å². The molecule has 0 saturated heterocycles.